The van der Waals surface area contributed by atoms with Gasteiger partial charge in [-0.3, -0.25) is 4.90 Å². The summed E-state index contributed by atoms with van der Waals surface area (Å²) >= 11 is 12.2. The molecule has 29 heavy (non-hydrogen) atoms. The van der Waals surface area contributed by atoms with E-state index in [1.165, 1.54) is 12.1 Å². The molecule has 1 aromatic carbocycles. The largest absolute Gasteiger partial charge is 0.482 e. The third-order valence-electron chi connectivity index (χ3n) is 4.69. The first-order valence-electron chi connectivity index (χ1n) is 9.25. The molecule has 1 unspecified atom stereocenters. The first kappa shape index (κ1) is 21.7. The highest BCUT2D eigenvalue weighted by atomic mass is 35.5. The smallest absolute Gasteiger partial charge is 0.166 e. The molecule has 2 atom stereocenters. The number of nitrogens with zero attached hydrogens (tertiary/aromatic N) is 2. The Morgan fingerprint density at radius 3 is 2.72 bits per heavy atom. The zero-order chi connectivity index (χ0) is 21.0. The number of aromatic nitrogens is 1. The number of hydrogen-bond donors (Lipinski definition) is 1. The normalized spacial score (nSPS) is 16.6. The number of nitrogen functional groups attached to an aromatic ring is 1. The molecular formula is C21H22Cl2FN3O2. The van der Waals surface area contributed by atoms with E-state index in [0.29, 0.717) is 21.9 Å². The highest BCUT2D eigenvalue weighted by Gasteiger charge is 2.20. The zero-order valence-corrected chi connectivity index (χ0v) is 17.7. The fraction of sp³-hybridized carbons (Fsp3) is 0.381. The lowest BCUT2D eigenvalue weighted by Gasteiger charge is -2.29. The van der Waals surface area contributed by atoms with Crippen molar-refractivity contribution in [2.45, 2.75) is 26.0 Å². The van der Waals surface area contributed by atoms with E-state index < -0.39 is 11.9 Å². The van der Waals surface area contributed by atoms with E-state index in [4.69, 9.17) is 38.4 Å². The van der Waals surface area contributed by atoms with Crippen molar-refractivity contribution in [3.8, 4) is 17.6 Å². The molecule has 0 amide bonds. The van der Waals surface area contributed by atoms with Gasteiger partial charge in [-0.2, -0.15) is 0 Å². The highest BCUT2D eigenvalue weighted by molar-refractivity contribution is 6.36. The second-order valence-corrected chi connectivity index (χ2v) is 7.50. The van der Waals surface area contributed by atoms with Crippen LogP contribution in [0.3, 0.4) is 0 Å². The average Bonchev–Trinajstić information content (AvgIpc) is 2.72. The Morgan fingerprint density at radius 2 is 2.00 bits per heavy atom. The summed E-state index contributed by atoms with van der Waals surface area (Å²) in [6, 6.07) is 4.44. The van der Waals surface area contributed by atoms with Crippen molar-refractivity contribution in [1.29, 1.82) is 0 Å². The molecule has 3 rings (SSSR count). The van der Waals surface area contributed by atoms with Crippen LogP contribution < -0.4 is 10.5 Å². The van der Waals surface area contributed by atoms with Crippen molar-refractivity contribution < 1.29 is 13.9 Å². The summed E-state index contributed by atoms with van der Waals surface area (Å²) in [5.74, 6) is 6.30. The molecule has 8 heteroatoms. The SMILES string of the molecule is CC(C#Cc1cnc(N)c(O[C@H](C)c2c(Cl)ccc(F)c2Cl)c1)N1CCOCC1. The summed E-state index contributed by atoms with van der Waals surface area (Å²) in [5, 5.41) is 0.234. The Hall–Kier alpha value is -2.04. The van der Waals surface area contributed by atoms with Crippen molar-refractivity contribution in [3.05, 3.63) is 51.4 Å². The van der Waals surface area contributed by atoms with Crippen molar-refractivity contribution >= 4 is 29.0 Å². The molecule has 0 spiro atoms. The van der Waals surface area contributed by atoms with Crippen LogP contribution in [0.5, 0.6) is 5.75 Å². The minimum Gasteiger partial charge on any atom is -0.482 e. The number of benzene rings is 1. The van der Waals surface area contributed by atoms with Gasteiger partial charge in [0.25, 0.3) is 0 Å². The van der Waals surface area contributed by atoms with Gasteiger partial charge in [-0.15, -0.1) is 0 Å². The van der Waals surface area contributed by atoms with Crippen molar-refractivity contribution in [1.82, 2.24) is 9.88 Å². The van der Waals surface area contributed by atoms with E-state index in [1.807, 2.05) is 0 Å². The minimum absolute atomic E-state index is 0.0770. The van der Waals surface area contributed by atoms with Crippen molar-refractivity contribution in [2.24, 2.45) is 0 Å². The maximum atomic E-state index is 13.8. The Morgan fingerprint density at radius 1 is 1.28 bits per heavy atom. The van der Waals surface area contributed by atoms with Gasteiger partial charge in [-0.25, -0.2) is 9.37 Å². The molecule has 0 saturated carbocycles. The van der Waals surface area contributed by atoms with Gasteiger partial charge in [0, 0.05) is 41.5 Å². The number of morpholine rings is 1. The Balaban J connectivity index is 1.78. The van der Waals surface area contributed by atoms with Crippen LogP contribution in [-0.2, 0) is 4.74 Å². The summed E-state index contributed by atoms with van der Waals surface area (Å²) in [4.78, 5) is 6.41. The minimum atomic E-state index is -0.634. The fourth-order valence-corrected chi connectivity index (χ4v) is 3.70. The molecular weight excluding hydrogens is 416 g/mol. The quantitative estimate of drug-likeness (QED) is 0.569. The lowest BCUT2D eigenvalue weighted by Crippen LogP contribution is -2.41. The lowest BCUT2D eigenvalue weighted by atomic mass is 10.1. The number of ether oxygens (including phenoxy) is 2. The molecule has 2 heterocycles. The van der Waals surface area contributed by atoms with Crippen LogP contribution >= 0.6 is 23.2 Å². The van der Waals surface area contributed by atoms with E-state index in [-0.39, 0.29) is 16.9 Å². The molecule has 2 aromatic rings. The number of rotatable bonds is 4. The van der Waals surface area contributed by atoms with Crippen LogP contribution in [0.4, 0.5) is 10.2 Å². The first-order chi connectivity index (χ1) is 13.9. The molecule has 1 saturated heterocycles. The molecule has 0 radical (unpaired) electrons. The molecule has 2 N–H and O–H groups in total. The third kappa shape index (κ3) is 5.31. The number of pyridine rings is 1. The van der Waals surface area contributed by atoms with Crippen molar-refractivity contribution in [2.75, 3.05) is 32.0 Å². The van der Waals surface area contributed by atoms with Gasteiger partial charge in [0.1, 0.15) is 11.9 Å². The molecule has 0 aliphatic carbocycles. The lowest BCUT2D eigenvalue weighted by molar-refractivity contribution is 0.0302. The Kier molecular flexibility index (Phi) is 7.20. The maximum Gasteiger partial charge on any atom is 0.166 e. The zero-order valence-electron chi connectivity index (χ0n) is 16.2. The van der Waals surface area contributed by atoms with Gasteiger partial charge in [0.05, 0.1) is 24.3 Å². The topological polar surface area (TPSA) is 60.6 Å². The van der Waals surface area contributed by atoms with Crippen LogP contribution in [-0.4, -0.2) is 42.2 Å². The average molecular weight is 438 g/mol. The second kappa shape index (κ2) is 9.64. The van der Waals surface area contributed by atoms with Gasteiger partial charge < -0.3 is 15.2 Å². The molecule has 0 bridgehead atoms. The van der Waals surface area contributed by atoms with Crippen LogP contribution in [0, 0.1) is 17.7 Å². The second-order valence-electron chi connectivity index (χ2n) is 6.72. The van der Waals surface area contributed by atoms with Gasteiger partial charge in [0.2, 0.25) is 0 Å². The van der Waals surface area contributed by atoms with Crippen LogP contribution in [0.15, 0.2) is 24.4 Å². The molecule has 1 aromatic heterocycles. The van der Waals surface area contributed by atoms with Crippen LogP contribution in [0.1, 0.15) is 31.1 Å². The van der Waals surface area contributed by atoms with Crippen LogP contribution in [0.25, 0.3) is 0 Å². The molecule has 1 aliphatic rings. The summed E-state index contributed by atoms with van der Waals surface area (Å²) < 4.78 is 25.1. The summed E-state index contributed by atoms with van der Waals surface area (Å²) in [7, 11) is 0. The van der Waals surface area contributed by atoms with Gasteiger partial charge >= 0.3 is 0 Å². The number of hydrogen-bond acceptors (Lipinski definition) is 5. The summed E-state index contributed by atoms with van der Waals surface area (Å²) in [6.45, 7) is 6.92. The molecule has 1 fully saturated rings. The Labute approximate surface area is 179 Å². The predicted octanol–water partition coefficient (Wildman–Crippen LogP) is 4.32. The monoisotopic (exact) mass is 437 g/mol. The van der Waals surface area contributed by atoms with E-state index in [1.54, 1.807) is 19.2 Å². The Bertz CT molecular complexity index is 939. The van der Waals surface area contributed by atoms with Gasteiger partial charge in [-0.05, 0) is 26.0 Å². The summed E-state index contributed by atoms with van der Waals surface area (Å²) in [5.41, 5.74) is 6.96. The number of anilines is 1. The maximum absolute atomic E-state index is 13.8. The number of nitrogens with two attached hydrogens (primary N) is 1. The summed E-state index contributed by atoms with van der Waals surface area (Å²) in [6.07, 6.45) is 0.957. The van der Waals surface area contributed by atoms with E-state index >= 15 is 0 Å². The predicted molar refractivity (Wildman–Crippen MR) is 113 cm³/mol. The molecule has 154 valence electrons. The van der Waals surface area contributed by atoms with E-state index in [0.717, 1.165) is 26.3 Å². The van der Waals surface area contributed by atoms with E-state index in [2.05, 4.69) is 28.6 Å². The highest BCUT2D eigenvalue weighted by Crippen LogP contribution is 2.35. The molecule has 1 aliphatic heterocycles. The van der Waals surface area contributed by atoms with E-state index in [9.17, 15) is 4.39 Å². The fourth-order valence-electron chi connectivity index (χ4n) is 3.03. The van der Waals surface area contributed by atoms with Crippen molar-refractivity contribution in [3.63, 3.8) is 0 Å². The van der Waals surface area contributed by atoms with Crippen LogP contribution in [0.2, 0.25) is 10.0 Å². The molecule has 5 nitrogen and oxygen atoms in total. The first-order valence-corrected chi connectivity index (χ1v) is 10.0. The number of halogens is 3. The van der Waals surface area contributed by atoms with Gasteiger partial charge in [-0.1, -0.05) is 35.0 Å². The standard InChI is InChI=1S/C21H22Cl2FN3O2/c1-13(27-7-9-28-10-8-27)3-4-15-11-18(21(25)26-12-15)29-14(2)19-16(22)5-6-17(24)20(19)23/h5-6,11-14H,7-10H2,1-2H3,(H2,25,26)/t13?,14-/m1/s1. The van der Waals surface area contributed by atoms with Gasteiger partial charge in [0.15, 0.2) is 11.6 Å². The third-order valence-corrected chi connectivity index (χ3v) is 5.40.